The molecule has 0 atom stereocenters. The molecule has 4 heteroatoms. The minimum absolute atomic E-state index is 0.231. The van der Waals surface area contributed by atoms with Crippen LogP contribution in [0.3, 0.4) is 0 Å². The Morgan fingerprint density at radius 1 is 1.06 bits per heavy atom. The van der Waals surface area contributed by atoms with Gasteiger partial charge in [-0.2, -0.15) is 0 Å². The fourth-order valence-electron chi connectivity index (χ4n) is 1.01. The van der Waals surface area contributed by atoms with E-state index < -0.39 is 17.4 Å². The van der Waals surface area contributed by atoms with Crippen LogP contribution in [0.4, 0.5) is 0 Å². The van der Waals surface area contributed by atoms with Gasteiger partial charge in [0.2, 0.25) is 0 Å². The van der Waals surface area contributed by atoms with Gasteiger partial charge >= 0.3 is 11.9 Å². The number of rotatable bonds is 6. The largest absolute Gasteiger partial charge is 0.465 e. The van der Waals surface area contributed by atoms with E-state index in [0.717, 1.165) is 6.42 Å². The van der Waals surface area contributed by atoms with E-state index >= 15 is 0 Å². The topological polar surface area (TPSA) is 52.6 Å². The summed E-state index contributed by atoms with van der Waals surface area (Å²) in [6.07, 6.45) is 0.561. The van der Waals surface area contributed by atoms with Crippen LogP contribution in [0, 0.1) is 11.3 Å². The van der Waals surface area contributed by atoms with E-state index in [1.165, 1.54) is 13.8 Å². The molecule has 0 amide bonds. The van der Waals surface area contributed by atoms with Crippen molar-refractivity contribution in [2.75, 3.05) is 6.61 Å². The Kier molecular flexibility index (Phi) is 6.21. The van der Waals surface area contributed by atoms with Gasteiger partial charge in [0, 0.05) is 0 Å². The molecular weight excluding hydrogens is 220 g/mol. The molecule has 0 saturated heterocycles. The average molecular weight is 244 g/mol. The van der Waals surface area contributed by atoms with Crippen molar-refractivity contribution < 1.29 is 19.1 Å². The van der Waals surface area contributed by atoms with E-state index in [1.54, 1.807) is 13.8 Å². The van der Waals surface area contributed by atoms with Crippen molar-refractivity contribution in [3.63, 3.8) is 0 Å². The SMILES string of the molecule is CC(C)CCOC(=O)C(C)(C)C(=O)OC(C)C. The molecule has 0 fully saturated rings. The Morgan fingerprint density at radius 2 is 1.59 bits per heavy atom. The molecule has 17 heavy (non-hydrogen) atoms. The lowest BCUT2D eigenvalue weighted by Gasteiger charge is -2.22. The normalized spacial score (nSPS) is 11.8. The highest BCUT2D eigenvalue weighted by atomic mass is 16.6. The van der Waals surface area contributed by atoms with E-state index in [4.69, 9.17) is 9.47 Å². The third-order valence-electron chi connectivity index (χ3n) is 2.29. The summed E-state index contributed by atoms with van der Waals surface area (Å²) in [5, 5.41) is 0. The van der Waals surface area contributed by atoms with Crippen molar-refractivity contribution in [1.29, 1.82) is 0 Å². The molecule has 0 aliphatic carbocycles. The molecule has 0 aromatic heterocycles. The van der Waals surface area contributed by atoms with Crippen LogP contribution < -0.4 is 0 Å². The molecule has 0 bridgehead atoms. The Balaban J connectivity index is 4.29. The van der Waals surface area contributed by atoms with Crippen molar-refractivity contribution in [1.82, 2.24) is 0 Å². The number of carbonyl (C=O) groups excluding carboxylic acids is 2. The summed E-state index contributed by atoms with van der Waals surface area (Å²) in [5.74, 6) is -0.598. The van der Waals surface area contributed by atoms with Crippen LogP contribution in [0.25, 0.3) is 0 Å². The van der Waals surface area contributed by atoms with Crippen LogP contribution in [0.2, 0.25) is 0 Å². The predicted octanol–water partition coefficient (Wildman–Crippen LogP) is 2.55. The lowest BCUT2D eigenvalue weighted by molar-refractivity contribution is -0.172. The molecule has 0 aliphatic heterocycles. The van der Waals surface area contributed by atoms with Gasteiger partial charge in [0.1, 0.15) is 0 Å². The molecule has 0 unspecified atom stereocenters. The molecule has 0 aliphatic rings. The number of esters is 2. The minimum atomic E-state index is -1.23. The van der Waals surface area contributed by atoms with Crippen LogP contribution in [0.5, 0.6) is 0 Å². The third-order valence-corrected chi connectivity index (χ3v) is 2.29. The second kappa shape index (κ2) is 6.62. The van der Waals surface area contributed by atoms with Crippen molar-refractivity contribution >= 4 is 11.9 Å². The smallest absolute Gasteiger partial charge is 0.323 e. The van der Waals surface area contributed by atoms with Crippen LogP contribution in [0.15, 0.2) is 0 Å². The third kappa shape index (κ3) is 5.71. The highest BCUT2D eigenvalue weighted by Crippen LogP contribution is 2.20. The predicted molar refractivity (Wildman–Crippen MR) is 65.4 cm³/mol. The Morgan fingerprint density at radius 3 is 2.00 bits per heavy atom. The van der Waals surface area contributed by atoms with Gasteiger partial charge in [0.15, 0.2) is 5.41 Å². The van der Waals surface area contributed by atoms with Crippen molar-refractivity contribution in [2.45, 2.75) is 54.1 Å². The summed E-state index contributed by atoms with van der Waals surface area (Å²) in [6, 6.07) is 0. The lowest BCUT2D eigenvalue weighted by atomic mass is 9.94. The second-order valence-electron chi connectivity index (χ2n) is 5.40. The highest BCUT2D eigenvalue weighted by Gasteiger charge is 2.39. The summed E-state index contributed by atoms with van der Waals surface area (Å²) in [6.45, 7) is 11.0. The van der Waals surface area contributed by atoms with Crippen molar-refractivity contribution in [3.8, 4) is 0 Å². The van der Waals surface area contributed by atoms with E-state index in [1.807, 2.05) is 13.8 Å². The Bertz CT molecular complexity index is 267. The van der Waals surface area contributed by atoms with Crippen LogP contribution in [0.1, 0.15) is 48.0 Å². The maximum Gasteiger partial charge on any atom is 0.323 e. The van der Waals surface area contributed by atoms with Crippen molar-refractivity contribution in [2.24, 2.45) is 11.3 Å². The summed E-state index contributed by atoms with van der Waals surface area (Å²) in [7, 11) is 0. The van der Waals surface area contributed by atoms with Gasteiger partial charge in [-0.1, -0.05) is 13.8 Å². The molecule has 0 aromatic carbocycles. The quantitative estimate of drug-likeness (QED) is 0.532. The number of carbonyl (C=O) groups is 2. The first kappa shape index (κ1) is 15.9. The summed E-state index contributed by atoms with van der Waals surface area (Å²) < 4.78 is 10.1. The van der Waals surface area contributed by atoms with Gasteiger partial charge in [-0.05, 0) is 40.0 Å². The molecule has 4 nitrogen and oxygen atoms in total. The highest BCUT2D eigenvalue weighted by molar-refractivity contribution is 5.99. The van der Waals surface area contributed by atoms with E-state index in [-0.39, 0.29) is 6.10 Å². The number of ether oxygens (including phenoxy) is 2. The van der Waals surface area contributed by atoms with Crippen LogP contribution >= 0.6 is 0 Å². The maximum absolute atomic E-state index is 11.7. The standard InChI is InChI=1S/C13H24O4/c1-9(2)7-8-16-11(14)13(5,6)12(15)17-10(3)4/h9-10H,7-8H2,1-6H3. The van der Waals surface area contributed by atoms with Crippen molar-refractivity contribution in [3.05, 3.63) is 0 Å². The first-order valence-electron chi connectivity index (χ1n) is 6.06. The lowest BCUT2D eigenvalue weighted by Crippen LogP contribution is -2.38. The molecule has 0 rings (SSSR count). The van der Waals surface area contributed by atoms with Crippen LogP contribution in [-0.4, -0.2) is 24.6 Å². The summed E-state index contributed by atoms with van der Waals surface area (Å²) >= 11 is 0. The zero-order valence-corrected chi connectivity index (χ0v) is 11.7. The van der Waals surface area contributed by atoms with E-state index in [2.05, 4.69) is 0 Å². The zero-order chi connectivity index (χ0) is 13.6. The first-order valence-corrected chi connectivity index (χ1v) is 6.06. The molecule has 0 aromatic rings. The fraction of sp³-hybridized carbons (Fsp3) is 0.846. The van der Waals surface area contributed by atoms with Gasteiger partial charge in [0.05, 0.1) is 12.7 Å². The van der Waals surface area contributed by atoms with E-state index in [0.29, 0.717) is 12.5 Å². The molecular formula is C13H24O4. The Hall–Kier alpha value is -1.06. The number of hydrogen-bond acceptors (Lipinski definition) is 4. The van der Waals surface area contributed by atoms with Gasteiger partial charge in [-0.3, -0.25) is 9.59 Å². The summed E-state index contributed by atoms with van der Waals surface area (Å²) in [4.78, 5) is 23.4. The molecule has 0 heterocycles. The fourth-order valence-corrected chi connectivity index (χ4v) is 1.01. The molecule has 0 spiro atoms. The van der Waals surface area contributed by atoms with Gasteiger partial charge < -0.3 is 9.47 Å². The molecule has 0 N–H and O–H groups in total. The van der Waals surface area contributed by atoms with E-state index in [9.17, 15) is 9.59 Å². The van der Waals surface area contributed by atoms with Crippen LogP contribution in [-0.2, 0) is 19.1 Å². The summed E-state index contributed by atoms with van der Waals surface area (Å²) in [5.41, 5.74) is -1.23. The first-order chi connectivity index (χ1) is 7.67. The van der Waals surface area contributed by atoms with Gasteiger partial charge in [0.25, 0.3) is 0 Å². The zero-order valence-electron chi connectivity index (χ0n) is 11.7. The second-order valence-corrected chi connectivity index (χ2v) is 5.40. The van der Waals surface area contributed by atoms with Gasteiger partial charge in [-0.15, -0.1) is 0 Å². The average Bonchev–Trinajstić information content (AvgIpc) is 2.15. The Labute approximate surface area is 104 Å². The van der Waals surface area contributed by atoms with Gasteiger partial charge in [-0.25, -0.2) is 0 Å². The number of hydrogen-bond donors (Lipinski definition) is 0. The maximum atomic E-state index is 11.7. The monoisotopic (exact) mass is 244 g/mol. The molecule has 100 valence electrons. The minimum Gasteiger partial charge on any atom is -0.465 e. The molecule has 0 saturated carbocycles. The molecule has 0 radical (unpaired) electrons.